The summed E-state index contributed by atoms with van der Waals surface area (Å²) >= 11 is 6.84. The van der Waals surface area contributed by atoms with Crippen LogP contribution in [0.2, 0.25) is 4.34 Å². The normalized spacial score (nSPS) is 12.1. The molecule has 1 heterocycles. The first-order chi connectivity index (χ1) is 9.23. The molecule has 0 aliphatic carbocycles. The predicted octanol–water partition coefficient (Wildman–Crippen LogP) is 1.64. The molecule has 1 rings (SSSR count). The summed E-state index contributed by atoms with van der Waals surface area (Å²) < 4.78 is 5.22. The quantitative estimate of drug-likeness (QED) is 0.383. The molecular formula is C11H14ClN3O4S. The monoisotopic (exact) mass is 319 g/mol. The van der Waals surface area contributed by atoms with Gasteiger partial charge in [0.2, 0.25) is 6.61 Å². The molecule has 20 heavy (non-hydrogen) atoms. The summed E-state index contributed by atoms with van der Waals surface area (Å²) in [5.41, 5.74) is 4.81. The number of hydrogen-bond acceptors (Lipinski definition) is 8. The topological polar surface area (TPSA) is 104 Å². The smallest absolute Gasteiger partial charge is 0.347 e. The SMILES string of the molecule is CC(C)(C)OC(=O)CO/N=C(\C=O)c1nc(N)sc1Cl. The number of anilines is 1. The molecule has 2 N–H and O–H groups in total. The van der Waals surface area contributed by atoms with E-state index in [9.17, 15) is 9.59 Å². The Morgan fingerprint density at radius 2 is 2.20 bits per heavy atom. The second-order valence-corrected chi connectivity index (χ2v) is 6.26. The fraction of sp³-hybridized carbons (Fsp3) is 0.455. The Morgan fingerprint density at radius 1 is 1.55 bits per heavy atom. The van der Waals surface area contributed by atoms with Gasteiger partial charge in [-0.15, -0.1) is 0 Å². The molecule has 0 fully saturated rings. The molecule has 7 nitrogen and oxygen atoms in total. The molecule has 0 amide bonds. The van der Waals surface area contributed by atoms with Crippen LogP contribution in [-0.4, -0.2) is 35.2 Å². The number of nitrogens with zero attached hydrogens (tertiary/aromatic N) is 2. The van der Waals surface area contributed by atoms with Crippen molar-refractivity contribution >= 4 is 46.0 Å². The standard InChI is InChI=1S/C11H14ClN3O4S/c1-11(2,3)19-7(17)5-18-15-6(4-16)8-9(12)20-10(13)14-8/h4H,5H2,1-3H3,(H2,13,14)/b15-6+. The van der Waals surface area contributed by atoms with Crippen molar-refractivity contribution in [1.82, 2.24) is 4.98 Å². The van der Waals surface area contributed by atoms with Crippen LogP contribution in [-0.2, 0) is 19.2 Å². The van der Waals surface area contributed by atoms with Crippen LogP contribution in [0.4, 0.5) is 5.13 Å². The number of hydrogen-bond donors (Lipinski definition) is 1. The van der Waals surface area contributed by atoms with E-state index in [1.807, 2.05) is 0 Å². The van der Waals surface area contributed by atoms with Crippen LogP contribution in [0.15, 0.2) is 5.16 Å². The zero-order chi connectivity index (χ0) is 15.3. The highest BCUT2D eigenvalue weighted by molar-refractivity contribution is 7.19. The van der Waals surface area contributed by atoms with Crippen molar-refractivity contribution in [2.45, 2.75) is 26.4 Å². The second-order valence-electron chi connectivity index (χ2n) is 4.63. The number of carbonyl (C=O) groups is 2. The van der Waals surface area contributed by atoms with Crippen molar-refractivity contribution in [2.75, 3.05) is 12.3 Å². The molecule has 9 heteroatoms. The van der Waals surface area contributed by atoms with E-state index in [1.165, 1.54) is 0 Å². The van der Waals surface area contributed by atoms with Crippen molar-refractivity contribution in [1.29, 1.82) is 0 Å². The number of nitrogen functional groups attached to an aromatic ring is 1. The lowest BCUT2D eigenvalue weighted by Crippen LogP contribution is -2.26. The van der Waals surface area contributed by atoms with Crippen LogP contribution < -0.4 is 5.73 Å². The van der Waals surface area contributed by atoms with Crippen molar-refractivity contribution in [3.8, 4) is 0 Å². The zero-order valence-electron chi connectivity index (χ0n) is 11.2. The van der Waals surface area contributed by atoms with Crippen LogP contribution in [0.25, 0.3) is 0 Å². The molecule has 0 atom stereocenters. The average Bonchev–Trinajstić information content (AvgIpc) is 2.61. The Balaban J connectivity index is 2.66. The fourth-order valence-electron chi connectivity index (χ4n) is 1.12. The number of rotatable bonds is 5. The predicted molar refractivity (Wildman–Crippen MR) is 75.9 cm³/mol. The number of ether oxygens (including phenoxy) is 1. The minimum atomic E-state index is -0.621. The minimum absolute atomic E-state index is 0.119. The second kappa shape index (κ2) is 6.67. The molecule has 110 valence electrons. The highest BCUT2D eigenvalue weighted by Gasteiger charge is 2.17. The number of esters is 1. The summed E-state index contributed by atoms with van der Waals surface area (Å²) in [7, 11) is 0. The van der Waals surface area contributed by atoms with E-state index >= 15 is 0 Å². The molecule has 0 aromatic carbocycles. The summed E-state index contributed by atoms with van der Waals surface area (Å²) in [5.74, 6) is -0.601. The number of oxime groups is 1. The van der Waals surface area contributed by atoms with E-state index in [0.717, 1.165) is 11.3 Å². The van der Waals surface area contributed by atoms with E-state index in [2.05, 4.69) is 10.1 Å². The Labute approximate surface area is 124 Å². The van der Waals surface area contributed by atoms with Gasteiger partial charge in [0.15, 0.2) is 17.1 Å². The van der Waals surface area contributed by atoms with Gasteiger partial charge in [-0.05, 0) is 20.8 Å². The van der Waals surface area contributed by atoms with Gasteiger partial charge >= 0.3 is 5.97 Å². The Bertz CT molecular complexity index is 536. The van der Waals surface area contributed by atoms with E-state index < -0.39 is 18.2 Å². The first kappa shape index (κ1) is 16.4. The van der Waals surface area contributed by atoms with Gasteiger partial charge < -0.3 is 15.3 Å². The van der Waals surface area contributed by atoms with Crippen LogP contribution in [0.1, 0.15) is 26.5 Å². The molecule has 0 unspecified atom stereocenters. The molecular weight excluding hydrogens is 306 g/mol. The summed E-state index contributed by atoms with van der Waals surface area (Å²) in [4.78, 5) is 30.9. The molecule has 0 spiro atoms. The third kappa shape index (κ3) is 5.14. The minimum Gasteiger partial charge on any atom is -0.457 e. The molecule has 1 aromatic heterocycles. The molecule has 0 saturated carbocycles. The van der Waals surface area contributed by atoms with Gasteiger partial charge in [-0.25, -0.2) is 9.78 Å². The third-order valence-electron chi connectivity index (χ3n) is 1.72. The van der Waals surface area contributed by atoms with Crippen LogP contribution in [0, 0.1) is 0 Å². The molecule has 0 radical (unpaired) electrons. The van der Waals surface area contributed by atoms with E-state index in [0.29, 0.717) is 6.29 Å². The number of aldehydes is 1. The largest absolute Gasteiger partial charge is 0.457 e. The average molecular weight is 320 g/mol. The summed E-state index contributed by atoms with van der Waals surface area (Å²) in [6, 6.07) is 0. The number of aromatic nitrogens is 1. The lowest BCUT2D eigenvalue weighted by atomic mass is 10.2. The third-order valence-corrected chi connectivity index (χ3v) is 2.81. The fourth-order valence-corrected chi connectivity index (χ4v) is 2.06. The Kier molecular flexibility index (Phi) is 5.46. The number of halogens is 1. The number of nitrogens with two attached hydrogens (primary N) is 1. The molecule has 0 bridgehead atoms. The summed E-state index contributed by atoms with van der Waals surface area (Å²) in [5, 5.41) is 3.71. The van der Waals surface area contributed by atoms with Gasteiger partial charge in [0.1, 0.15) is 15.6 Å². The Morgan fingerprint density at radius 3 is 2.65 bits per heavy atom. The maximum Gasteiger partial charge on any atom is 0.347 e. The van der Waals surface area contributed by atoms with Gasteiger partial charge in [-0.3, -0.25) is 4.79 Å². The highest BCUT2D eigenvalue weighted by atomic mass is 35.5. The lowest BCUT2D eigenvalue weighted by Gasteiger charge is -2.18. The number of thiazole rings is 1. The van der Waals surface area contributed by atoms with Gasteiger partial charge in [-0.2, -0.15) is 0 Å². The van der Waals surface area contributed by atoms with Gasteiger partial charge in [0, 0.05) is 0 Å². The lowest BCUT2D eigenvalue weighted by molar-refractivity contribution is -0.160. The summed E-state index contributed by atoms with van der Waals surface area (Å²) in [6.07, 6.45) is 0.412. The summed E-state index contributed by atoms with van der Waals surface area (Å²) in [6.45, 7) is 4.75. The van der Waals surface area contributed by atoms with Crippen LogP contribution in [0.3, 0.4) is 0 Å². The number of carbonyl (C=O) groups excluding carboxylic acids is 2. The van der Waals surface area contributed by atoms with Gasteiger partial charge in [0.25, 0.3) is 0 Å². The molecule has 0 saturated heterocycles. The zero-order valence-corrected chi connectivity index (χ0v) is 12.7. The molecule has 0 aliphatic rings. The van der Waals surface area contributed by atoms with Gasteiger partial charge in [0.05, 0.1) is 0 Å². The van der Waals surface area contributed by atoms with Crippen LogP contribution >= 0.6 is 22.9 Å². The van der Waals surface area contributed by atoms with E-state index in [4.69, 9.17) is 26.9 Å². The molecule has 0 aliphatic heterocycles. The van der Waals surface area contributed by atoms with Crippen molar-refractivity contribution < 1.29 is 19.2 Å². The van der Waals surface area contributed by atoms with Crippen molar-refractivity contribution in [2.24, 2.45) is 5.16 Å². The van der Waals surface area contributed by atoms with Gasteiger partial charge in [-0.1, -0.05) is 28.1 Å². The van der Waals surface area contributed by atoms with E-state index in [1.54, 1.807) is 20.8 Å². The molecule has 1 aromatic rings. The Hall–Kier alpha value is -1.67. The van der Waals surface area contributed by atoms with Crippen molar-refractivity contribution in [3.63, 3.8) is 0 Å². The van der Waals surface area contributed by atoms with E-state index in [-0.39, 0.29) is 20.9 Å². The van der Waals surface area contributed by atoms with Crippen molar-refractivity contribution in [3.05, 3.63) is 10.0 Å². The first-order valence-electron chi connectivity index (χ1n) is 5.52. The first-order valence-corrected chi connectivity index (χ1v) is 6.71. The maximum absolute atomic E-state index is 11.4. The maximum atomic E-state index is 11.4. The highest BCUT2D eigenvalue weighted by Crippen LogP contribution is 2.26. The van der Waals surface area contributed by atoms with Crippen LogP contribution in [0.5, 0.6) is 0 Å².